The van der Waals surface area contributed by atoms with Crippen molar-refractivity contribution in [2.45, 2.75) is 277 Å². The van der Waals surface area contributed by atoms with Crippen LogP contribution in [0.4, 0.5) is 0 Å². The van der Waals surface area contributed by atoms with Gasteiger partial charge in [-0.05, 0) is 119 Å². The Balaban J connectivity index is 1.13. The van der Waals surface area contributed by atoms with Crippen molar-refractivity contribution in [3.8, 4) is 0 Å². The molecule has 0 radical (unpaired) electrons. The van der Waals surface area contributed by atoms with E-state index >= 15 is 0 Å². The third kappa shape index (κ3) is 12.8. The lowest BCUT2D eigenvalue weighted by Crippen LogP contribution is -2.76. The van der Waals surface area contributed by atoms with Crippen LogP contribution in [0.2, 0.25) is 0 Å². The predicted octanol–water partition coefficient (Wildman–Crippen LogP) is 3.33. The number of hydrogen-bond acceptors (Lipinski definition) is 23. The molecular formula is C66H106O23. The molecule has 8 aliphatic rings. The highest BCUT2D eigenvalue weighted by atomic mass is 16.8. The molecule has 3 saturated heterocycles. The van der Waals surface area contributed by atoms with Gasteiger partial charge in [-0.15, -0.1) is 0 Å². The van der Waals surface area contributed by atoms with Gasteiger partial charge in [-0.25, -0.2) is 9.59 Å². The van der Waals surface area contributed by atoms with E-state index in [1.165, 1.54) is 6.08 Å². The average Bonchev–Trinajstić information content (AvgIpc) is 0.907. The van der Waals surface area contributed by atoms with Crippen LogP contribution in [0.3, 0.4) is 0 Å². The van der Waals surface area contributed by atoms with E-state index in [1.807, 2.05) is 55.4 Å². The lowest BCUT2D eigenvalue weighted by molar-refractivity contribution is -0.383. The molecule has 0 amide bonds. The van der Waals surface area contributed by atoms with Crippen molar-refractivity contribution >= 4 is 17.9 Å². The number of aliphatic hydroxyl groups is 11. The number of carbonyl (C=O) groups excluding carboxylic acids is 3. The lowest BCUT2D eigenvalue weighted by atomic mass is 9.32. The molecule has 4 saturated carbocycles. The molecule has 27 atom stereocenters. The Hall–Kier alpha value is -3.05. The highest BCUT2D eigenvalue weighted by Gasteiger charge is 2.76. The number of aliphatic hydroxyl groups excluding tert-OH is 11. The molecule has 0 aromatic rings. The number of esters is 3. The van der Waals surface area contributed by atoms with Crippen molar-refractivity contribution < 1.29 is 113 Å². The normalized spacial score (nSPS) is 45.3. The molecule has 0 aromatic heterocycles. The second-order valence-corrected chi connectivity index (χ2v) is 29.4. The zero-order valence-corrected chi connectivity index (χ0v) is 54.4. The van der Waals surface area contributed by atoms with Crippen molar-refractivity contribution in [2.24, 2.45) is 56.2 Å². The summed E-state index contributed by atoms with van der Waals surface area (Å²) in [5.74, 6) is -3.69. The quantitative estimate of drug-likeness (QED) is 0.0196. The molecule has 11 N–H and O–H groups in total. The van der Waals surface area contributed by atoms with Gasteiger partial charge in [0.2, 0.25) is 0 Å². The molecule has 23 nitrogen and oxygen atoms in total. The van der Waals surface area contributed by atoms with Crippen LogP contribution in [0.5, 0.6) is 0 Å². The number of rotatable bonds is 21. The van der Waals surface area contributed by atoms with Crippen LogP contribution in [0, 0.1) is 56.2 Å². The topological polar surface area (TPSA) is 357 Å². The number of ether oxygens (including phenoxy) is 9. The number of fused-ring (bicyclic) bond motifs is 7. The lowest BCUT2D eigenvalue weighted by Gasteiger charge is -2.73. The monoisotopic (exact) mass is 1270 g/mol. The Morgan fingerprint density at radius 1 is 0.708 bits per heavy atom. The third-order valence-corrected chi connectivity index (χ3v) is 23.1. The molecule has 23 heteroatoms. The smallest absolute Gasteiger partial charge is 0.338 e. The number of carbonyl (C=O) groups is 3. The van der Waals surface area contributed by atoms with E-state index in [-0.39, 0.29) is 18.4 Å². The summed E-state index contributed by atoms with van der Waals surface area (Å²) in [4.78, 5) is 42.3. The first-order valence-corrected chi connectivity index (χ1v) is 32.5. The fraction of sp³-hybridized carbons (Fsp3) is 0.864. The van der Waals surface area contributed by atoms with Gasteiger partial charge in [0.25, 0.3) is 0 Å². The van der Waals surface area contributed by atoms with Crippen molar-refractivity contribution in [3.05, 3.63) is 34.9 Å². The number of unbranched alkanes of at least 4 members (excludes halogenated alkanes) is 1. The minimum atomic E-state index is -1.99. The first kappa shape index (κ1) is 71.8. The van der Waals surface area contributed by atoms with Crippen molar-refractivity contribution in [3.63, 3.8) is 0 Å². The summed E-state index contributed by atoms with van der Waals surface area (Å²) in [5.41, 5.74) is -2.87. The Kier molecular flexibility index (Phi) is 22.4. The van der Waals surface area contributed by atoms with Crippen LogP contribution in [0.15, 0.2) is 34.9 Å². The summed E-state index contributed by atoms with van der Waals surface area (Å²) in [6.45, 7) is 23.5. The van der Waals surface area contributed by atoms with Gasteiger partial charge < -0.3 is 98.8 Å². The number of hydrogen-bond donors (Lipinski definition) is 11. The molecule has 0 aromatic carbocycles. The molecule has 8 rings (SSSR count). The summed E-state index contributed by atoms with van der Waals surface area (Å²) < 4.78 is 55.8. The van der Waals surface area contributed by atoms with Gasteiger partial charge in [-0.1, -0.05) is 105 Å². The highest BCUT2D eigenvalue weighted by molar-refractivity contribution is 5.83. The minimum Gasteiger partial charge on any atom is -0.464 e. The van der Waals surface area contributed by atoms with Crippen molar-refractivity contribution in [1.29, 1.82) is 0 Å². The summed E-state index contributed by atoms with van der Waals surface area (Å²) >= 11 is 0. The first-order valence-electron chi connectivity index (χ1n) is 32.5. The van der Waals surface area contributed by atoms with E-state index in [4.69, 9.17) is 42.6 Å². The van der Waals surface area contributed by atoms with Gasteiger partial charge >= 0.3 is 17.9 Å². The van der Waals surface area contributed by atoms with Gasteiger partial charge in [0.15, 0.2) is 31.1 Å². The van der Waals surface area contributed by atoms with Crippen molar-refractivity contribution in [1.82, 2.24) is 0 Å². The van der Waals surface area contributed by atoms with Gasteiger partial charge in [0.05, 0.1) is 56.1 Å². The summed E-state index contributed by atoms with van der Waals surface area (Å²) in [6.07, 6.45) is -19.4. The minimum absolute atomic E-state index is 0.0493. The maximum Gasteiger partial charge on any atom is 0.338 e. The predicted molar refractivity (Wildman–Crippen MR) is 318 cm³/mol. The third-order valence-electron chi connectivity index (χ3n) is 23.1. The van der Waals surface area contributed by atoms with E-state index in [9.17, 15) is 70.6 Å². The molecule has 0 unspecified atom stereocenters. The van der Waals surface area contributed by atoms with Gasteiger partial charge in [-0.3, -0.25) is 4.79 Å². The zero-order valence-electron chi connectivity index (χ0n) is 54.4. The van der Waals surface area contributed by atoms with E-state index in [2.05, 4.69) is 39.8 Å². The van der Waals surface area contributed by atoms with Crippen LogP contribution in [0.1, 0.15) is 161 Å². The first-order chi connectivity index (χ1) is 41.7. The molecule has 3 heterocycles. The Bertz CT molecular complexity index is 2570. The maximum atomic E-state index is 14.2. The van der Waals surface area contributed by atoms with Crippen LogP contribution >= 0.6 is 0 Å². The van der Waals surface area contributed by atoms with Gasteiger partial charge in [-0.2, -0.15) is 0 Å². The fourth-order valence-electron chi connectivity index (χ4n) is 17.4. The standard InChI is InChI=1S/C66H106O23/c1-14-16-26-81-57(80)51-49(86-58-46(74)44(72)38(30-68)83-58)48(76)50(87-59-47(75)45(73)43(71)37(29-67)82-59)60(88-51)84-41-23-24-63(11)39(62(41,9)10)22-25-64(12)40(63)21-20-35-36-28-61(7,8)54(85-42(70)27-33(5)19-17-18-32(3)4)55(89-56(79)34(6)15-2)66(36,31-69)53(78)52(77)65(35,64)13/h18,20,27,34,36-41,43-55,58-60,67-69,71-78H,14-17,19,21-26,28-31H2,1-13H3/b33-27-/t34-,36+,37-,38+,39-,40-,41+,43-,44+,45+,46-,47-,48+,49+,50-,51+,52+,53-,54+,55+,58+,59+,60-,63+,64-,65+,66+/m1/s1. The summed E-state index contributed by atoms with van der Waals surface area (Å²) in [5, 5.41) is 125. The van der Waals surface area contributed by atoms with E-state index in [0.29, 0.717) is 64.2 Å². The molecule has 89 heavy (non-hydrogen) atoms. The van der Waals surface area contributed by atoms with E-state index < -0.39 is 199 Å². The molecule has 508 valence electrons. The highest BCUT2D eigenvalue weighted by Crippen LogP contribution is 2.76. The molecule has 0 spiro atoms. The molecule has 3 aliphatic heterocycles. The van der Waals surface area contributed by atoms with Gasteiger partial charge in [0, 0.05) is 16.9 Å². The zero-order chi connectivity index (χ0) is 65.8. The Labute approximate surface area is 524 Å². The molecule has 7 fully saturated rings. The van der Waals surface area contributed by atoms with Crippen molar-refractivity contribution in [2.75, 3.05) is 26.4 Å². The maximum absolute atomic E-state index is 14.2. The Morgan fingerprint density at radius 3 is 1.92 bits per heavy atom. The largest absolute Gasteiger partial charge is 0.464 e. The molecule has 0 bridgehead atoms. The van der Waals surface area contributed by atoms with Crippen LogP contribution in [-0.4, -0.2) is 217 Å². The summed E-state index contributed by atoms with van der Waals surface area (Å²) in [7, 11) is 0. The molecule has 5 aliphatic carbocycles. The van der Waals surface area contributed by atoms with Crippen LogP contribution < -0.4 is 0 Å². The average molecular weight is 1270 g/mol. The van der Waals surface area contributed by atoms with Gasteiger partial charge in [0.1, 0.15) is 67.1 Å². The van der Waals surface area contributed by atoms with Crippen LogP contribution in [-0.2, 0) is 57.0 Å². The van der Waals surface area contributed by atoms with E-state index in [1.54, 1.807) is 6.92 Å². The summed E-state index contributed by atoms with van der Waals surface area (Å²) in [6, 6.07) is 0. The SMILES string of the molecule is CCCCOC(=O)[C@H]1O[C@@H](O[C@H]2CC[C@@]3(C)[C@H](CC[C@]4(C)[C@@H]3CC=C3[C@@H]5CC(C)(C)[C@@H](OC(=O)/C=C(/C)CCC=C(C)C)[C@H](OC(=O)[C@H](C)CC)[C@]5(CO)[C@H](O)[C@H](O)[C@]34C)C2(C)C)[C@H](O[C@@H]2O[C@H](CO)[C@@H](O)[C@H](O)[C@H]2O)[C@@H](O)[C@@H]1O[C@@H]1O[C@@H](CO)[C@H](O)[C@H]1O. The van der Waals surface area contributed by atoms with Crippen LogP contribution in [0.25, 0.3) is 0 Å². The fourth-order valence-corrected chi connectivity index (χ4v) is 17.4. The molecular weight excluding hydrogens is 1160 g/mol. The van der Waals surface area contributed by atoms with E-state index in [0.717, 1.165) is 23.1 Å². The second kappa shape index (κ2) is 27.7. The number of allylic oxidation sites excluding steroid dienone is 4. The second-order valence-electron chi connectivity index (χ2n) is 29.4. The Morgan fingerprint density at radius 2 is 1.33 bits per heavy atom.